The fraction of sp³-hybridized carbons (Fsp3) is 0.667. The number of carbonyl (C=O) groups is 1. The molecule has 5 nitrogen and oxygen atoms in total. The van der Waals surface area contributed by atoms with Gasteiger partial charge < -0.3 is 14.4 Å². The van der Waals surface area contributed by atoms with Crippen molar-refractivity contribution in [1.29, 1.82) is 0 Å². The molecule has 0 saturated carbocycles. The molecule has 1 aromatic carbocycles. The fourth-order valence-electron chi connectivity index (χ4n) is 3.40. The number of hydrogen-bond donors (Lipinski definition) is 1. The van der Waals surface area contributed by atoms with E-state index in [9.17, 15) is 23.1 Å². The van der Waals surface area contributed by atoms with Crippen LogP contribution in [0.1, 0.15) is 44.4 Å². The van der Waals surface area contributed by atoms with Gasteiger partial charge in [-0.25, -0.2) is 4.79 Å². The zero-order valence-corrected chi connectivity index (χ0v) is 19.6. The van der Waals surface area contributed by atoms with Gasteiger partial charge in [0.1, 0.15) is 0 Å². The molecule has 170 valence electrons. The third-order valence-electron chi connectivity index (χ3n) is 6.30. The van der Waals surface area contributed by atoms with Crippen LogP contribution in [0.15, 0.2) is 24.3 Å². The predicted octanol–water partition coefficient (Wildman–Crippen LogP) is 5.45. The predicted molar refractivity (Wildman–Crippen MR) is 113 cm³/mol. The lowest BCUT2D eigenvalue weighted by atomic mass is 10.0. The maximum atomic E-state index is 13.1. The van der Waals surface area contributed by atoms with E-state index >= 15 is 0 Å². The Labute approximate surface area is 177 Å². The van der Waals surface area contributed by atoms with E-state index in [1.165, 1.54) is 13.1 Å². The summed E-state index contributed by atoms with van der Waals surface area (Å²) in [4.78, 5) is 14.8. The summed E-state index contributed by atoms with van der Waals surface area (Å²) in [6.45, 7) is 12.6. The molecule has 1 unspecified atom stereocenters. The molecule has 9 heteroatoms. The quantitative estimate of drug-likeness (QED) is 0.590. The highest BCUT2D eigenvalue weighted by Crippen LogP contribution is 2.38. The summed E-state index contributed by atoms with van der Waals surface area (Å²) < 4.78 is 45.9. The first-order chi connectivity index (χ1) is 13.6. The Morgan fingerprint density at radius 3 is 2.50 bits per heavy atom. The maximum absolute atomic E-state index is 13.1. The number of halogens is 3. The number of rotatable bonds is 6. The van der Waals surface area contributed by atoms with Crippen LogP contribution in [0.5, 0.6) is 0 Å². The Morgan fingerprint density at radius 2 is 1.97 bits per heavy atom. The van der Waals surface area contributed by atoms with Crippen LogP contribution in [0, 0.1) is 0 Å². The van der Waals surface area contributed by atoms with Crippen molar-refractivity contribution >= 4 is 14.4 Å². The Hall–Kier alpha value is -1.58. The van der Waals surface area contributed by atoms with Crippen molar-refractivity contribution in [1.82, 2.24) is 9.80 Å². The van der Waals surface area contributed by atoms with Gasteiger partial charge >= 0.3 is 12.3 Å². The van der Waals surface area contributed by atoms with Crippen LogP contribution >= 0.6 is 0 Å². The summed E-state index contributed by atoms with van der Waals surface area (Å²) >= 11 is 0. The molecule has 30 heavy (non-hydrogen) atoms. The van der Waals surface area contributed by atoms with Crippen molar-refractivity contribution in [2.45, 2.75) is 63.6 Å². The molecule has 0 aromatic heterocycles. The van der Waals surface area contributed by atoms with Gasteiger partial charge in [0.05, 0.1) is 17.7 Å². The number of nitrogens with zero attached hydrogens (tertiary/aromatic N) is 2. The number of hydrogen-bond acceptors (Lipinski definition) is 3. The molecule has 1 aliphatic rings. The second kappa shape index (κ2) is 8.88. The van der Waals surface area contributed by atoms with Crippen molar-refractivity contribution in [3.8, 4) is 0 Å². The molecular weight excluding hydrogens is 413 g/mol. The Morgan fingerprint density at radius 1 is 1.33 bits per heavy atom. The second-order valence-electron chi connectivity index (χ2n) is 9.58. The number of alkyl halides is 3. The third kappa shape index (κ3) is 5.98. The molecule has 1 N–H and O–H groups in total. The molecular formula is C21H33F3N2O3Si. The average molecular weight is 447 g/mol. The van der Waals surface area contributed by atoms with Gasteiger partial charge in [-0.05, 0) is 42.2 Å². The SMILES string of the molecule is CN(C(=O)O)[C@H](CN1CCC(O[Si](C)(C)C(C)(C)C)C1)c1cccc(C(F)(F)F)c1. The lowest BCUT2D eigenvalue weighted by Crippen LogP contribution is -2.45. The summed E-state index contributed by atoms with van der Waals surface area (Å²) in [6.07, 6.45) is -4.76. The van der Waals surface area contributed by atoms with Gasteiger partial charge in [0.15, 0.2) is 8.32 Å². The van der Waals surface area contributed by atoms with Gasteiger partial charge in [0.25, 0.3) is 0 Å². The van der Waals surface area contributed by atoms with E-state index in [4.69, 9.17) is 4.43 Å². The van der Waals surface area contributed by atoms with Crippen LogP contribution in [0.3, 0.4) is 0 Å². The van der Waals surface area contributed by atoms with Crippen molar-refractivity contribution in [2.75, 3.05) is 26.7 Å². The highest BCUT2D eigenvalue weighted by Gasteiger charge is 2.41. The van der Waals surface area contributed by atoms with E-state index in [1.54, 1.807) is 6.07 Å². The Balaban J connectivity index is 2.17. The first-order valence-electron chi connectivity index (χ1n) is 10.1. The van der Waals surface area contributed by atoms with E-state index < -0.39 is 32.2 Å². The topological polar surface area (TPSA) is 53.0 Å². The minimum Gasteiger partial charge on any atom is -0.465 e. The molecule has 1 aliphatic heterocycles. The molecule has 1 fully saturated rings. The van der Waals surface area contributed by atoms with Crippen LogP contribution in [0.2, 0.25) is 18.1 Å². The van der Waals surface area contributed by atoms with E-state index in [0.29, 0.717) is 18.7 Å². The number of likely N-dealkylation sites (N-methyl/N-ethyl adjacent to an activating group) is 1. The normalized spacial score (nSPS) is 19.7. The van der Waals surface area contributed by atoms with Crippen molar-refractivity contribution in [3.63, 3.8) is 0 Å². The van der Waals surface area contributed by atoms with Gasteiger partial charge in [-0.3, -0.25) is 4.90 Å². The smallest absolute Gasteiger partial charge is 0.416 e. The lowest BCUT2D eigenvalue weighted by molar-refractivity contribution is -0.137. The Bertz CT molecular complexity index is 750. The minimum atomic E-state index is -4.47. The van der Waals surface area contributed by atoms with E-state index in [1.807, 2.05) is 0 Å². The maximum Gasteiger partial charge on any atom is 0.416 e. The summed E-state index contributed by atoms with van der Waals surface area (Å²) in [7, 11) is -0.532. The van der Waals surface area contributed by atoms with Crippen molar-refractivity contribution in [2.24, 2.45) is 0 Å². The Kier molecular flexibility index (Phi) is 7.31. The van der Waals surface area contributed by atoms with E-state index in [2.05, 4.69) is 38.8 Å². The van der Waals surface area contributed by atoms with E-state index in [0.717, 1.165) is 30.0 Å². The molecule has 2 atom stereocenters. The molecule has 1 saturated heterocycles. The van der Waals surface area contributed by atoms with Crippen LogP contribution < -0.4 is 0 Å². The summed E-state index contributed by atoms with van der Waals surface area (Å²) in [5.41, 5.74) is -0.437. The summed E-state index contributed by atoms with van der Waals surface area (Å²) in [5, 5.41) is 9.57. The molecule has 1 heterocycles. The van der Waals surface area contributed by atoms with Crippen LogP contribution in [-0.4, -0.2) is 62.1 Å². The number of benzene rings is 1. The zero-order chi connectivity index (χ0) is 22.9. The monoisotopic (exact) mass is 446 g/mol. The molecule has 1 amide bonds. The zero-order valence-electron chi connectivity index (χ0n) is 18.6. The molecule has 0 bridgehead atoms. The molecule has 0 radical (unpaired) electrons. The van der Waals surface area contributed by atoms with Crippen LogP contribution in [0.25, 0.3) is 0 Å². The second-order valence-corrected chi connectivity index (χ2v) is 14.3. The average Bonchev–Trinajstić information content (AvgIpc) is 3.03. The van der Waals surface area contributed by atoms with E-state index in [-0.39, 0.29) is 11.1 Å². The first-order valence-corrected chi connectivity index (χ1v) is 13.1. The van der Waals surface area contributed by atoms with Gasteiger partial charge in [0, 0.05) is 26.7 Å². The van der Waals surface area contributed by atoms with Crippen molar-refractivity contribution in [3.05, 3.63) is 35.4 Å². The first kappa shape index (κ1) is 24.7. The van der Waals surface area contributed by atoms with Gasteiger partial charge in [-0.2, -0.15) is 13.2 Å². The number of amides is 1. The third-order valence-corrected chi connectivity index (χ3v) is 10.8. The fourth-order valence-corrected chi connectivity index (χ4v) is 4.78. The number of likely N-dealkylation sites (tertiary alicyclic amines) is 1. The highest BCUT2D eigenvalue weighted by atomic mass is 28.4. The standard InChI is InChI=1S/C21H33F3N2O3Si/c1-20(2,3)30(5,6)29-17-10-11-26(13-17)14-18(25(4)19(27)28)15-8-7-9-16(12-15)21(22,23)24/h7-9,12,17-18H,10-11,13-14H2,1-6H3,(H,27,28)/t17?,18-/m1/s1. The molecule has 2 rings (SSSR count). The van der Waals surface area contributed by atoms with Gasteiger partial charge in [-0.15, -0.1) is 0 Å². The summed E-state index contributed by atoms with van der Waals surface area (Å²) in [5.74, 6) is 0. The largest absolute Gasteiger partial charge is 0.465 e. The summed E-state index contributed by atoms with van der Waals surface area (Å²) in [6, 6.07) is 4.23. The number of carboxylic acid groups (broad SMARTS) is 1. The van der Waals surface area contributed by atoms with Crippen LogP contribution in [0.4, 0.5) is 18.0 Å². The lowest BCUT2D eigenvalue weighted by Gasteiger charge is -2.38. The molecule has 0 aliphatic carbocycles. The molecule has 1 aromatic rings. The minimum absolute atomic E-state index is 0.0585. The van der Waals surface area contributed by atoms with Gasteiger partial charge in [-0.1, -0.05) is 32.9 Å². The highest BCUT2D eigenvalue weighted by molar-refractivity contribution is 6.74. The van der Waals surface area contributed by atoms with Crippen LogP contribution in [-0.2, 0) is 10.6 Å². The van der Waals surface area contributed by atoms with Crippen molar-refractivity contribution < 1.29 is 27.5 Å². The molecule has 0 spiro atoms. The van der Waals surface area contributed by atoms with Gasteiger partial charge in [0.2, 0.25) is 0 Å².